The van der Waals surface area contributed by atoms with Crippen LogP contribution >= 0.6 is 0 Å². The van der Waals surface area contributed by atoms with Crippen LogP contribution in [0.15, 0.2) is 0 Å². The van der Waals surface area contributed by atoms with E-state index in [4.69, 9.17) is 28.4 Å². The van der Waals surface area contributed by atoms with Gasteiger partial charge in [0.05, 0.1) is 0 Å². The molecule has 0 unspecified atom stereocenters. The maximum Gasteiger partial charge on any atom is 0.302 e. The van der Waals surface area contributed by atoms with Gasteiger partial charge in [0.1, 0.15) is 31.0 Å². The predicted molar refractivity (Wildman–Crippen MR) is 78.5 cm³/mol. The summed E-state index contributed by atoms with van der Waals surface area (Å²) in [5, 5.41) is 0. The van der Waals surface area contributed by atoms with E-state index in [-0.39, 0.29) is 18.7 Å². The number of carbonyl (C=O) groups is 1. The molecule has 0 saturated carbocycles. The van der Waals surface area contributed by atoms with Crippen LogP contribution in [0.5, 0.6) is 0 Å². The Kier molecular flexibility index (Phi) is 8.89. The van der Waals surface area contributed by atoms with Crippen LogP contribution < -0.4 is 0 Å². The largest absolute Gasteiger partial charge is 0.463 e. The smallest absolute Gasteiger partial charge is 0.302 e. The van der Waals surface area contributed by atoms with Crippen molar-refractivity contribution in [2.75, 3.05) is 33.5 Å². The van der Waals surface area contributed by atoms with Crippen LogP contribution in [-0.2, 0) is 33.2 Å². The molecule has 0 amide bonds. The van der Waals surface area contributed by atoms with Crippen molar-refractivity contribution in [1.29, 1.82) is 0 Å². The fourth-order valence-electron chi connectivity index (χ4n) is 2.55. The molecule has 0 spiro atoms. The van der Waals surface area contributed by atoms with Crippen molar-refractivity contribution in [1.82, 2.24) is 0 Å². The number of hydrogen-bond donors (Lipinski definition) is 0. The number of rotatable bonds is 9. The summed E-state index contributed by atoms with van der Waals surface area (Å²) in [6, 6.07) is 0. The highest BCUT2D eigenvalue weighted by molar-refractivity contribution is 5.65. The summed E-state index contributed by atoms with van der Waals surface area (Å²) in [5.41, 5.74) is 0. The molecule has 0 bridgehead atoms. The number of methoxy groups -OCH3 is 1. The summed E-state index contributed by atoms with van der Waals surface area (Å²) >= 11 is 0. The van der Waals surface area contributed by atoms with Crippen LogP contribution in [0.3, 0.4) is 0 Å². The topological polar surface area (TPSA) is 72.5 Å². The van der Waals surface area contributed by atoms with Crippen LogP contribution in [0.4, 0.5) is 0 Å². The van der Waals surface area contributed by atoms with Gasteiger partial charge < -0.3 is 28.4 Å². The Labute approximate surface area is 132 Å². The first-order valence-corrected chi connectivity index (χ1v) is 7.75. The molecule has 5 atom stereocenters. The maximum atomic E-state index is 11.1. The molecule has 1 saturated heterocycles. The van der Waals surface area contributed by atoms with Gasteiger partial charge in [-0.1, -0.05) is 0 Å². The van der Waals surface area contributed by atoms with Gasteiger partial charge in [-0.25, -0.2) is 0 Å². The molecule has 0 aromatic carbocycles. The van der Waals surface area contributed by atoms with Crippen LogP contribution in [0.2, 0.25) is 0 Å². The second kappa shape index (κ2) is 10.1. The molecule has 0 N–H and O–H groups in total. The average molecular weight is 320 g/mol. The quantitative estimate of drug-likeness (QED) is 0.590. The van der Waals surface area contributed by atoms with Crippen LogP contribution in [0.25, 0.3) is 0 Å². The van der Waals surface area contributed by atoms with Crippen molar-refractivity contribution in [3.8, 4) is 0 Å². The molecule has 1 heterocycles. The minimum Gasteiger partial charge on any atom is -0.463 e. The molecule has 7 heteroatoms. The summed E-state index contributed by atoms with van der Waals surface area (Å²) in [6.45, 7) is 8.65. The van der Waals surface area contributed by atoms with Gasteiger partial charge >= 0.3 is 5.97 Å². The lowest BCUT2D eigenvalue weighted by atomic mass is 9.98. The first kappa shape index (κ1) is 19.3. The van der Waals surface area contributed by atoms with E-state index in [0.717, 1.165) is 0 Å². The minimum atomic E-state index is -0.603. The Hall–Kier alpha value is -0.730. The van der Waals surface area contributed by atoms with Crippen LogP contribution in [0, 0.1) is 0 Å². The summed E-state index contributed by atoms with van der Waals surface area (Å²) in [5.74, 6) is -0.368. The first-order chi connectivity index (χ1) is 10.6. The van der Waals surface area contributed by atoms with Gasteiger partial charge in [0.25, 0.3) is 0 Å². The monoisotopic (exact) mass is 320 g/mol. The molecule has 1 aliphatic rings. The van der Waals surface area contributed by atoms with Gasteiger partial charge in [-0.2, -0.15) is 0 Å². The molecule has 0 aromatic rings. The molecule has 0 radical (unpaired) electrons. The molecule has 1 fully saturated rings. The number of carbonyl (C=O) groups excluding carboxylic acids is 1. The lowest BCUT2D eigenvalue weighted by molar-refractivity contribution is -0.315. The van der Waals surface area contributed by atoms with E-state index in [9.17, 15) is 4.79 Å². The molecule has 7 nitrogen and oxygen atoms in total. The fourth-order valence-corrected chi connectivity index (χ4v) is 2.55. The van der Waals surface area contributed by atoms with E-state index < -0.39 is 24.6 Å². The number of ether oxygens (including phenoxy) is 6. The summed E-state index contributed by atoms with van der Waals surface area (Å²) in [6.07, 6.45) is -2.23. The van der Waals surface area contributed by atoms with E-state index >= 15 is 0 Å². The number of esters is 1. The molecule has 1 aliphatic heterocycles. The second-order valence-electron chi connectivity index (χ2n) is 4.84. The molecule has 22 heavy (non-hydrogen) atoms. The van der Waals surface area contributed by atoms with Crippen molar-refractivity contribution < 1.29 is 33.2 Å². The normalized spacial score (nSPS) is 32.0. The average Bonchev–Trinajstić information content (AvgIpc) is 2.49. The van der Waals surface area contributed by atoms with E-state index in [1.54, 1.807) is 7.11 Å². The van der Waals surface area contributed by atoms with Gasteiger partial charge in [0.2, 0.25) is 0 Å². The molecular weight excluding hydrogens is 292 g/mol. The van der Waals surface area contributed by atoms with Gasteiger partial charge in [0, 0.05) is 33.9 Å². The van der Waals surface area contributed by atoms with E-state index in [1.807, 2.05) is 20.8 Å². The van der Waals surface area contributed by atoms with Gasteiger partial charge in [-0.15, -0.1) is 0 Å². The molecular formula is C15H28O7. The summed E-state index contributed by atoms with van der Waals surface area (Å²) < 4.78 is 33.7. The Morgan fingerprint density at radius 1 is 0.955 bits per heavy atom. The van der Waals surface area contributed by atoms with E-state index in [0.29, 0.717) is 19.8 Å². The summed E-state index contributed by atoms with van der Waals surface area (Å²) in [4.78, 5) is 11.1. The first-order valence-electron chi connectivity index (χ1n) is 7.75. The number of hydrogen-bond acceptors (Lipinski definition) is 7. The van der Waals surface area contributed by atoms with Gasteiger partial charge in [-0.05, 0) is 20.8 Å². The fraction of sp³-hybridized carbons (Fsp3) is 0.933. The lowest BCUT2D eigenvalue weighted by Gasteiger charge is -2.45. The third kappa shape index (κ3) is 5.17. The van der Waals surface area contributed by atoms with Crippen molar-refractivity contribution in [3.63, 3.8) is 0 Å². The predicted octanol–water partition coefficient (Wildman–Crippen LogP) is 1.14. The second-order valence-corrected chi connectivity index (χ2v) is 4.84. The van der Waals surface area contributed by atoms with Crippen molar-refractivity contribution in [2.24, 2.45) is 0 Å². The van der Waals surface area contributed by atoms with Crippen LogP contribution in [-0.4, -0.2) is 70.2 Å². The lowest BCUT2D eigenvalue weighted by Crippen LogP contribution is -2.61. The Balaban J connectivity index is 2.94. The Morgan fingerprint density at radius 2 is 1.50 bits per heavy atom. The van der Waals surface area contributed by atoms with E-state index in [1.165, 1.54) is 6.92 Å². The van der Waals surface area contributed by atoms with Crippen molar-refractivity contribution in [3.05, 3.63) is 0 Å². The molecule has 1 rings (SSSR count). The van der Waals surface area contributed by atoms with Crippen LogP contribution in [0.1, 0.15) is 27.7 Å². The highest BCUT2D eigenvalue weighted by Gasteiger charge is 2.48. The molecule has 0 aliphatic carbocycles. The Bertz CT molecular complexity index is 323. The summed E-state index contributed by atoms with van der Waals surface area (Å²) in [7, 11) is 1.55. The zero-order valence-corrected chi connectivity index (χ0v) is 14.1. The standard InChI is InChI=1S/C15H28O7/c1-6-18-12-11(9-21-10(4)16)22-15(17-5)14(20-8-3)13(12)19-7-2/h11-15H,6-9H2,1-5H3/t11-,12+,13+,14-,15+/m1/s1. The Morgan fingerprint density at radius 3 is 2.00 bits per heavy atom. The van der Waals surface area contributed by atoms with Gasteiger partial charge in [-0.3, -0.25) is 4.79 Å². The minimum absolute atomic E-state index is 0.0856. The van der Waals surface area contributed by atoms with E-state index in [2.05, 4.69) is 0 Å². The third-order valence-electron chi connectivity index (χ3n) is 3.35. The third-order valence-corrected chi connectivity index (χ3v) is 3.35. The van der Waals surface area contributed by atoms with Crippen molar-refractivity contribution >= 4 is 5.97 Å². The molecule has 0 aromatic heterocycles. The molecule has 130 valence electrons. The van der Waals surface area contributed by atoms with Crippen molar-refractivity contribution in [2.45, 2.75) is 58.4 Å². The van der Waals surface area contributed by atoms with Gasteiger partial charge in [0.15, 0.2) is 6.29 Å². The highest BCUT2D eigenvalue weighted by Crippen LogP contribution is 2.28. The SMILES string of the molecule is CCO[C@H]1[C@@H](OCC)[C@@H](COC(C)=O)O[C@H](OC)[C@@H]1OCC. The maximum absolute atomic E-state index is 11.1. The zero-order chi connectivity index (χ0) is 16.5. The highest BCUT2D eigenvalue weighted by atomic mass is 16.7. The zero-order valence-electron chi connectivity index (χ0n) is 14.1.